The molecule has 20 heavy (non-hydrogen) atoms. The highest BCUT2D eigenvalue weighted by molar-refractivity contribution is 9.10. The van der Waals surface area contributed by atoms with Crippen molar-refractivity contribution in [1.29, 1.82) is 0 Å². The molecule has 0 unspecified atom stereocenters. The zero-order valence-corrected chi connectivity index (χ0v) is 12.8. The quantitative estimate of drug-likeness (QED) is 0.756. The molecule has 0 fully saturated rings. The van der Waals surface area contributed by atoms with Crippen LogP contribution in [-0.2, 0) is 0 Å². The first-order valence-electron chi connectivity index (χ1n) is 6.35. The molecule has 2 rings (SSSR count). The van der Waals surface area contributed by atoms with Crippen LogP contribution in [0.4, 0.5) is 0 Å². The van der Waals surface area contributed by atoms with E-state index in [4.69, 9.17) is 9.15 Å². The van der Waals surface area contributed by atoms with E-state index in [1.54, 1.807) is 18.0 Å². The second-order valence-corrected chi connectivity index (χ2v) is 5.07. The second-order valence-electron chi connectivity index (χ2n) is 4.35. The third kappa shape index (κ3) is 3.87. The Hall–Kier alpha value is -1.75. The van der Waals surface area contributed by atoms with E-state index in [-0.39, 0.29) is 5.91 Å². The van der Waals surface area contributed by atoms with Gasteiger partial charge < -0.3 is 14.1 Å². The van der Waals surface area contributed by atoms with Crippen LogP contribution in [0.2, 0.25) is 0 Å². The minimum absolute atomic E-state index is 0.0645. The van der Waals surface area contributed by atoms with E-state index in [1.807, 2.05) is 30.3 Å². The van der Waals surface area contributed by atoms with Crippen molar-refractivity contribution in [3.63, 3.8) is 0 Å². The van der Waals surface area contributed by atoms with Crippen LogP contribution in [0, 0.1) is 0 Å². The van der Waals surface area contributed by atoms with Crippen molar-refractivity contribution < 1.29 is 13.9 Å². The summed E-state index contributed by atoms with van der Waals surface area (Å²) in [6, 6.07) is 11.3. The highest BCUT2D eigenvalue weighted by atomic mass is 79.9. The van der Waals surface area contributed by atoms with Crippen LogP contribution in [0.25, 0.3) is 0 Å². The smallest absolute Gasteiger partial charge is 0.258 e. The fourth-order valence-electron chi connectivity index (χ4n) is 1.76. The van der Waals surface area contributed by atoms with Gasteiger partial charge in [-0.1, -0.05) is 18.2 Å². The molecule has 1 heterocycles. The van der Waals surface area contributed by atoms with Gasteiger partial charge in [0, 0.05) is 13.6 Å². The first kappa shape index (κ1) is 14.7. The first-order valence-corrected chi connectivity index (χ1v) is 7.14. The molecule has 0 radical (unpaired) electrons. The topological polar surface area (TPSA) is 42.7 Å². The van der Waals surface area contributed by atoms with E-state index in [0.717, 1.165) is 12.2 Å². The average molecular weight is 338 g/mol. The van der Waals surface area contributed by atoms with E-state index < -0.39 is 0 Å². The molecule has 2 aromatic rings. The van der Waals surface area contributed by atoms with Gasteiger partial charge in [-0.25, -0.2) is 0 Å². The Labute approximate surface area is 126 Å². The van der Waals surface area contributed by atoms with Crippen LogP contribution in [0.1, 0.15) is 16.8 Å². The Balaban J connectivity index is 1.74. The molecule has 0 aliphatic rings. The summed E-state index contributed by atoms with van der Waals surface area (Å²) in [5.74, 6) is 0.782. The number of hydrogen-bond donors (Lipinski definition) is 0. The van der Waals surface area contributed by atoms with Crippen LogP contribution >= 0.6 is 15.9 Å². The maximum Gasteiger partial charge on any atom is 0.258 e. The van der Waals surface area contributed by atoms with Crippen molar-refractivity contribution in [2.24, 2.45) is 0 Å². The molecule has 4 nitrogen and oxygen atoms in total. The van der Waals surface area contributed by atoms with Gasteiger partial charge in [-0.3, -0.25) is 4.79 Å². The summed E-state index contributed by atoms with van der Waals surface area (Å²) >= 11 is 3.21. The summed E-state index contributed by atoms with van der Waals surface area (Å²) in [5, 5.41) is 0. The lowest BCUT2D eigenvalue weighted by molar-refractivity contribution is 0.0786. The van der Waals surface area contributed by atoms with Gasteiger partial charge in [-0.2, -0.15) is 0 Å². The van der Waals surface area contributed by atoms with Gasteiger partial charge in [0.2, 0.25) is 0 Å². The number of rotatable bonds is 6. The fraction of sp³-hybridized carbons (Fsp3) is 0.267. The number of amides is 1. The Morgan fingerprint density at radius 3 is 2.70 bits per heavy atom. The highest BCUT2D eigenvalue weighted by Gasteiger charge is 2.16. The number of carbonyl (C=O) groups is 1. The third-order valence-electron chi connectivity index (χ3n) is 2.84. The Morgan fingerprint density at radius 1 is 1.30 bits per heavy atom. The molecule has 0 spiro atoms. The van der Waals surface area contributed by atoms with E-state index in [9.17, 15) is 4.79 Å². The molecule has 1 amide bonds. The maximum absolute atomic E-state index is 12.1. The second kappa shape index (κ2) is 7.14. The molecule has 0 atom stereocenters. The largest absolute Gasteiger partial charge is 0.494 e. The van der Waals surface area contributed by atoms with Gasteiger partial charge in [0.1, 0.15) is 5.75 Å². The zero-order chi connectivity index (χ0) is 14.4. The molecule has 0 saturated heterocycles. The predicted octanol–water partition coefficient (Wildman–Crippen LogP) is 3.58. The monoisotopic (exact) mass is 337 g/mol. The fourth-order valence-corrected chi connectivity index (χ4v) is 2.17. The van der Waals surface area contributed by atoms with Crippen LogP contribution in [0.3, 0.4) is 0 Å². The SMILES string of the molecule is CN(CCCOc1ccccc1)C(=O)c1ccoc1Br. The third-order valence-corrected chi connectivity index (χ3v) is 3.46. The molecule has 0 aliphatic heterocycles. The normalized spacial score (nSPS) is 10.3. The molecule has 0 bridgehead atoms. The summed E-state index contributed by atoms with van der Waals surface area (Å²) in [6.07, 6.45) is 2.26. The number of para-hydroxylation sites is 1. The van der Waals surface area contributed by atoms with Crippen molar-refractivity contribution in [2.75, 3.05) is 20.2 Å². The Morgan fingerprint density at radius 2 is 2.05 bits per heavy atom. The molecule has 1 aromatic carbocycles. The first-order chi connectivity index (χ1) is 9.68. The summed E-state index contributed by atoms with van der Waals surface area (Å²) in [7, 11) is 1.77. The van der Waals surface area contributed by atoms with Gasteiger partial charge in [0.05, 0.1) is 18.4 Å². The van der Waals surface area contributed by atoms with E-state index in [2.05, 4.69) is 15.9 Å². The lowest BCUT2D eigenvalue weighted by Gasteiger charge is -2.16. The number of hydrogen-bond acceptors (Lipinski definition) is 3. The number of furan rings is 1. The summed E-state index contributed by atoms with van der Waals surface area (Å²) in [5.41, 5.74) is 0.538. The van der Waals surface area contributed by atoms with Crippen molar-refractivity contribution in [3.05, 3.63) is 52.9 Å². The van der Waals surface area contributed by atoms with Crippen LogP contribution in [-0.4, -0.2) is 31.0 Å². The summed E-state index contributed by atoms with van der Waals surface area (Å²) in [6.45, 7) is 1.21. The lowest BCUT2D eigenvalue weighted by atomic mass is 10.3. The van der Waals surface area contributed by atoms with Crippen LogP contribution in [0.15, 0.2) is 51.7 Å². The van der Waals surface area contributed by atoms with Crippen LogP contribution < -0.4 is 4.74 Å². The van der Waals surface area contributed by atoms with E-state index >= 15 is 0 Å². The minimum Gasteiger partial charge on any atom is -0.494 e. The molecular weight excluding hydrogens is 322 g/mol. The molecule has 0 N–H and O–H groups in total. The number of ether oxygens (including phenoxy) is 1. The Bertz CT molecular complexity index is 553. The van der Waals surface area contributed by atoms with Gasteiger partial charge in [-0.05, 0) is 40.5 Å². The predicted molar refractivity (Wildman–Crippen MR) is 79.9 cm³/mol. The van der Waals surface area contributed by atoms with Gasteiger partial charge in [0.15, 0.2) is 4.67 Å². The molecule has 1 aromatic heterocycles. The van der Waals surface area contributed by atoms with Crippen molar-refractivity contribution in [2.45, 2.75) is 6.42 Å². The number of halogens is 1. The van der Waals surface area contributed by atoms with Gasteiger partial charge in [0.25, 0.3) is 5.91 Å². The summed E-state index contributed by atoms with van der Waals surface area (Å²) < 4.78 is 11.1. The van der Waals surface area contributed by atoms with E-state index in [0.29, 0.717) is 23.4 Å². The van der Waals surface area contributed by atoms with Crippen LogP contribution in [0.5, 0.6) is 5.75 Å². The Kier molecular flexibility index (Phi) is 5.24. The van der Waals surface area contributed by atoms with Crippen molar-refractivity contribution in [3.8, 4) is 5.75 Å². The summed E-state index contributed by atoms with van der Waals surface area (Å²) in [4.78, 5) is 13.7. The maximum atomic E-state index is 12.1. The molecule has 0 saturated carbocycles. The average Bonchev–Trinajstić information content (AvgIpc) is 2.90. The molecule has 106 valence electrons. The standard InChI is InChI=1S/C15H16BrNO3/c1-17(15(18)13-8-11-20-14(13)16)9-5-10-19-12-6-3-2-4-7-12/h2-4,6-8,11H,5,9-10H2,1H3. The number of nitrogens with zero attached hydrogens (tertiary/aromatic N) is 1. The molecule has 0 aliphatic carbocycles. The van der Waals surface area contributed by atoms with E-state index in [1.165, 1.54) is 6.26 Å². The number of carbonyl (C=O) groups excluding carboxylic acids is 1. The van der Waals surface area contributed by atoms with Gasteiger partial charge in [-0.15, -0.1) is 0 Å². The van der Waals surface area contributed by atoms with Crippen molar-refractivity contribution in [1.82, 2.24) is 4.90 Å². The lowest BCUT2D eigenvalue weighted by Crippen LogP contribution is -2.28. The highest BCUT2D eigenvalue weighted by Crippen LogP contribution is 2.19. The zero-order valence-electron chi connectivity index (χ0n) is 11.2. The minimum atomic E-state index is -0.0645. The number of benzene rings is 1. The molecule has 5 heteroatoms. The van der Waals surface area contributed by atoms with Crippen molar-refractivity contribution >= 4 is 21.8 Å². The molecular formula is C15H16BrNO3. The van der Waals surface area contributed by atoms with Gasteiger partial charge >= 0.3 is 0 Å².